The Labute approximate surface area is 137 Å². The summed E-state index contributed by atoms with van der Waals surface area (Å²) in [5.41, 5.74) is 2.04. The molecule has 0 fully saturated rings. The molecule has 0 bridgehead atoms. The zero-order chi connectivity index (χ0) is 14.9. The topological polar surface area (TPSA) is 25.9 Å². The minimum atomic E-state index is -0.298. The number of halogens is 1. The van der Waals surface area contributed by atoms with E-state index in [0.29, 0.717) is 6.54 Å². The van der Waals surface area contributed by atoms with Crippen LogP contribution in [0.15, 0.2) is 24.3 Å². The number of imidazole rings is 1. The summed E-state index contributed by atoms with van der Waals surface area (Å²) in [4.78, 5) is 12.4. The number of carbonyl (C=O) groups excluding carboxylic acids is 1. The lowest BCUT2D eigenvalue weighted by atomic mass is 9.91. The number of fused-ring (bicyclic) bond motifs is 1. The molecule has 116 valence electrons. The lowest BCUT2D eigenvalue weighted by Crippen LogP contribution is -3.00. The van der Waals surface area contributed by atoms with Crippen LogP contribution in [-0.2, 0) is 24.8 Å². The number of benzene rings is 1. The molecule has 21 heavy (non-hydrogen) atoms. The van der Waals surface area contributed by atoms with Crippen molar-refractivity contribution in [3.8, 4) is 0 Å². The van der Waals surface area contributed by atoms with Crippen molar-refractivity contribution in [2.75, 3.05) is 0 Å². The van der Waals surface area contributed by atoms with E-state index in [1.807, 2.05) is 32.9 Å². The van der Waals surface area contributed by atoms with Gasteiger partial charge in [-0.15, -0.1) is 0 Å². The molecule has 0 aliphatic heterocycles. The molecule has 0 saturated carbocycles. The van der Waals surface area contributed by atoms with E-state index in [1.165, 1.54) is 11.3 Å². The van der Waals surface area contributed by atoms with E-state index in [1.54, 1.807) is 0 Å². The van der Waals surface area contributed by atoms with Gasteiger partial charge in [0.1, 0.15) is 6.54 Å². The Morgan fingerprint density at radius 1 is 1.24 bits per heavy atom. The highest BCUT2D eigenvalue weighted by atomic mass is 79.9. The van der Waals surface area contributed by atoms with Gasteiger partial charge in [-0.25, -0.2) is 9.13 Å². The van der Waals surface area contributed by atoms with Crippen molar-refractivity contribution in [1.82, 2.24) is 4.57 Å². The first-order valence-corrected chi connectivity index (χ1v) is 7.35. The molecule has 0 spiro atoms. The smallest absolute Gasteiger partial charge is 0.257 e. The van der Waals surface area contributed by atoms with Crippen molar-refractivity contribution in [3.05, 3.63) is 30.1 Å². The predicted molar refractivity (Wildman–Crippen MR) is 81.6 cm³/mol. The van der Waals surface area contributed by atoms with E-state index in [-0.39, 0.29) is 28.2 Å². The van der Waals surface area contributed by atoms with E-state index in [0.717, 1.165) is 18.4 Å². The molecule has 1 heterocycles. The molecule has 0 radical (unpaired) electrons. The second kappa shape index (κ2) is 6.73. The Morgan fingerprint density at radius 2 is 1.86 bits per heavy atom. The van der Waals surface area contributed by atoms with Gasteiger partial charge in [0.25, 0.3) is 5.82 Å². The Morgan fingerprint density at radius 3 is 2.43 bits per heavy atom. The molecule has 3 nitrogen and oxygen atoms in total. The van der Waals surface area contributed by atoms with Crippen LogP contribution in [0.5, 0.6) is 0 Å². The van der Waals surface area contributed by atoms with Gasteiger partial charge in [-0.05, 0) is 18.6 Å². The van der Waals surface area contributed by atoms with E-state index in [4.69, 9.17) is 0 Å². The Kier molecular flexibility index (Phi) is 5.74. The summed E-state index contributed by atoms with van der Waals surface area (Å²) in [6.07, 6.45) is 2.07. The maximum absolute atomic E-state index is 12.4. The van der Waals surface area contributed by atoms with Crippen molar-refractivity contribution in [3.63, 3.8) is 0 Å². The van der Waals surface area contributed by atoms with Gasteiger partial charge in [-0.2, -0.15) is 0 Å². The average molecular weight is 353 g/mol. The third-order valence-electron chi connectivity index (χ3n) is 3.84. The van der Waals surface area contributed by atoms with Crippen molar-refractivity contribution >= 4 is 16.8 Å². The number of nitrogens with zero attached hydrogens (tertiary/aromatic N) is 2. The minimum absolute atomic E-state index is 0. The predicted octanol–water partition coefficient (Wildman–Crippen LogP) is 0.0375. The Balaban J connectivity index is 0.00000220. The lowest BCUT2D eigenvalue weighted by Gasteiger charge is -2.15. The fraction of sp³-hybridized carbons (Fsp3) is 0.529. The van der Waals surface area contributed by atoms with Crippen molar-refractivity contribution in [1.29, 1.82) is 0 Å². The number of carbonyl (C=O) groups is 1. The number of rotatable bonds is 4. The summed E-state index contributed by atoms with van der Waals surface area (Å²) in [6, 6.07) is 8.31. The normalized spacial score (nSPS) is 11.5. The molecule has 2 rings (SSSR count). The first kappa shape index (κ1) is 17.9. The molecule has 0 unspecified atom stereocenters. The molecule has 4 heteroatoms. The van der Waals surface area contributed by atoms with Gasteiger partial charge in [0.2, 0.25) is 0 Å². The van der Waals surface area contributed by atoms with Gasteiger partial charge >= 0.3 is 0 Å². The standard InChI is InChI=1S/C17H25N2O.BrH/c1-6-9-16-18(5)13-10-7-8-11-14(13)19(16)12-15(20)17(2,3)4;/h7-8,10-11H,6,9,12H2,1-5H3;1H/q+1;/p-1. The highest BCUT2D eigenvalue weighted by Gasteiger charge is 2.28. The van der Waals surface area contributed by atoms with Crippen molar-refractivity contribution in [2.45, 2.75) is 47.1 Å². The molecule has 0 aliphatic carbocycles. The number of aryl methyl sites for hydroxylation is 1. The zero-order valence-corrected chi connectivity index (χ0v) is 15.2. The molecule has 1 aromatic heterocycles. The second-order valence-electron chi connectivity index (χ2n) is 6.47. The molecular weight excluding hydrogens is 328 g/mol. The Bertz CT molecular complexity index is 638. The summed E-state index contributed by atoms with van der Waals surface area (Å²) < 4.78 is 4.40. The SMILES string of the molecule is CCCc1n(CC(=O)C(C)(C)C)c2ccccc2[n+]1C.[Br-]. The summed E-state index contributed by atoms with van der Waals surface area (Å²) in [7, 11) is 2.09. The number of ketones is 1. The van der Waals surface area contributed by atoms with E-state index in [9.17, 15) is 4.79 Å². The number of Topliss-reactive ketones (excluding diaryl/α,β-unsaturated/α-hetero) is 1. The van der Waals surface area contributed by atoms with Crippen LogP contribution in [0, 0.1) is 5.41 Å². The molecule has 0 atom stereocenters. The van der Waals surface area contributed by atoms with Crippen molar-refractivity contribution in [2.24, 2.45) is 12.5 Å². The van der Waals surface area contributed by atoms with Gasteiger partial charge in [0, 0.05) is 11.8 Å². The van der Waals surface area contributed by atoms with E-state index in [2.05, 4.69) is 35.2 Å². The number of aromatic nitrogens is 2. The van der Waals surface area contributed by atoms with E-state index >= 15 is 0 Å². The zero-order valence-electron chi connectivity index (χ0n) is 13.6. The van der Waals surface area contributed by atoms with Gasteiger partial charge in [0.15, 0.2) is 16.8 Å². The van der Waals surface area contributed by atoms with Crippen molar-refractivity contribution < 1.29 is 26.3 Å². The molecule has 0 amide bonds. The molecule has 2 aromatic rings. The molecular formula is C17H25BrN2O. The van der Waals surface area contributed by atoms with Crippen LogP contribution >= 0.6 is 0 Å². The minimum Gasteiger partial charge on any atom is -1.00 e. The fourth-order valence-corrected chi connectivity index (χ4v) is 2.52. The highest BCUT2D eigenvalue weighted by Crippen LogP contribution is 2.20. The van der Waals surface area contributed by atoms with Crippen LogP contribution < -0.4 is 21.5 Å². The van der Waals surface area contributed by atoms with Crippen LogP contribution in [0.4, 0.5) is 0 Å². The summed E-state index contributed by atoms with van der Waals surface area (Å²) in [5.74, 6) is 1.50. The van der Waals surface area contributed by atoms with Crippen LogP contribution in [0.3, 0.4) is 0 Å². The van der Waals surface area contributed by atoms with Crippen LogP contribution in [0.2, 0.25) is 0 Å². The maximum atomic E-state index is 12.4. The first-order chi connectivity index (χ1) is 9.36. The molecule has 0 aliphatic rings. The lowest BCUT2D eigenvalue weighted by molar-refractivity contribution is -0.654. The van der Waals surface area contributed by atoms with Gasteiger partial charge in [-0.3, -0.25) is 4.79 Å². The number of para-hydroxylation sites is 2. The van der Waals surface area contributed by atoms with Gasteiger partial charge < -0.3 is 17.0 Å². The second-order valence-corrected chi connectivity index (χ2v) is 6.47. The monoisotopic (exact) mass is 352 g/mol. The quantitative estimate of drug-likeness (QED) is 0.713. The summed E-state index contributed by atoms with van der Waals surface area (Å²) in [6.45, 7) is 8.59. The van der Waals surface area contributed by atoms with Gasteiger partial charge in [-0.1, -0.05) is 39.8 Å². The summed E-state index contributed by atoms with van der Waals surface area (Å²) >= 11 is 0. The van der Waals surface area contributed by atoms with E-state index < -0.39 is 0 Å². The first-order valence-electron chi connectivity index (χ1n) is 7.35. The molecule has 0 N–H and O–H groups in total. The van der Waals surface area contributed by atoms with Crippen LogP contribution in [-0.4, -0.2) is 10.4 Å². The fourth-order valence-electron chi connectivity index (χ4n) is 2.52. The largest absolute Gasteiger partial charge is 1.00 e. The average Bonchev–Trinajstić information content (AvgIpc) is 2.64. The molecule has 0 saturated heterocycles. The third kappa shape index (κ3) is 3.54. The van der Waals surface area contributed by atoms with Crippen LogP contribution in [0.25, 0.3) is 11.0 Å². The Hall–Kier alpha value is -1.16. The summed E-state index contributed by atoms with van der Waals surface area (Å²) in [5, 5.41) is 0. The number of hydrogen-bond acceptors (Lipinski definition) is 1. The maximum Gasteiger partial charge on any atom is 0.257 e. The third-order valence-corrected chi connectivity index (χ3v) is 3.84. The van der Waals surface area contributed by atoms with Gasteiger partial charge in [0.05, 0.1) is 7.05 Å². The number of hydrogen-bond donors (Lipinski definition) is 0. The highest BCUT2D eigenvalue weighted by molar-refractivity contribution is 5.85. The van der Waals surface area contributed by atoms with Crippen LogP contribution in [0.1, 0.15) is 39.9 Å². The molecule has 1 aromatic carbocycles.